The third kappa shape index (κ3) is 2.32. The van der Waals surface area contributed by atoms with Crippen LogP contribution in [0.2, 0.25) is 5.02 Å². The highest BCUT2D eigenvalue weighted by Crippen LogP contribution is 2.52. The number of hydrogen-bond acceptors (Lipinski definition) is 5. The van der Waals surface area contributed by atoms with Gasteiger partial charge < -0.3 is 19.0 Å². The molecule has 0 aliphatic carbocycles. The van der Waals surface area contributed by atoms with Crippen molar-refractivity contribution < 1.29 is 18.7 Å². The van der Waals surface area contributed by atoms with Crippen LogP contribution >= 0.6 is 11.6 Å². The van der Waals surface area contributed by atoms with Gasteiger partial charge in [0.25, 0.3) is 11.8 Å². The molecule has 4 heterocycles. The molecule has 1 aromatic heterocycles. The number of halogens is 1. The summed E-state index contributed by atoms with van der Waals surface area (Å²) in [5.41, 5.74) is -0.469. The van der Waals surface area contributed by atoms with E-state index in [0.717, 1.165) is 12.8 Å². The van der Waals surface area contributed by atoms with Crippen molar-refractivity contribution in [2.45, 2.75) is 24.5 Å². The number of nitrogens with zero attached hydrogens (tertiary/aromatic N) is 2. The molecule has 2 amide bonds. The molecule has 162 valence electrons. The maximum atomic E-state index is 13.9. The molecule has 1 fully saturated rings. The molecule has 7 nitrogen and oxygen atoms in total. The van der Waals surface area contributed by atoms with Crippen LogP contribution in [0.25, 0.3) is 11.0 Å². The molecule has 2 aromatic carbocycles. The first-order valence-electron chi connectivity index (χ1n) is 10.5. The lowest BCUT2D eigenvalue weighted by molar-refractivity contribution is -0.126. The second kappa shape index (κ2) is 6.67. The summed E-state index contributed by atoms with van der Waals surface area (Å²) in [6, 6.07) is 11.9. The van der Waals surface area contributed by atoms with Gasteiger partial charge in [0.05, 0.1) is 17.1 Å². The number of ether oxygens (including phenoxy) is 1. The standard InChI is InChI=1S/C24H19ClN2O5/c1-26-17-7-3-2-6-16(17)24(23(26)30)19-20(28)15-11-13(25)8-9-18(15)32-21(19)22(29)27(24)12-14-5-4-10-31-14/h2-3,6-9,11,14H,4-5,10,12H2,1H3. The Balaban J connectivity index is 1.70. The molecule has 0 bridgehead atoms. The minimum Gasteiger partial charge on any atom is -0.450 e. The van der Waals surface area contributed by atoms with Gasteiger partial charge in [-0.3, -0.25) is 14.4 Å². The first-order valence-corrected chi connectivity index (χ1v) is 10.9. The average Bonchev–Trinajstić information content (AvgIpc) is 3.45. The van der Waals surface area contributed by atoms with E-state index in [2.05, 4.69) is 0 Å². The Hall–Kier alpha value is -3.16. The molecule has 32 heavy (non-hydrogen) atoms. The molecular formula is C24H19ClN2O5. The smallest absolute Gasteiger partial charge is 0.291 e. The first-order chi connectivity index (χ1) is 15.4. The van der Waals surface area contributed by atoms with E-state index in [1.54, 1.807) is 31.3 Å². The van der Waals surface area contributed by atoms with Crippen molar-refractivity contribution in [3.8, 4) is 0 Å². The first kappa shape index (κ1) is 19.5. The van der Waals surface area contributed by atoms with Crippen molar-refractivity contribution in [2.24, 2.45) is 0 Å². The Bertz CT molecular complexity index is 1380. The molecule has 6 rings (SSSR count). The Kier molecular flexibility index (Phi) is 4.07. The van der Waals surface area contributed by atoms with E-state index < -0.39 is 16.9 Å². The van der Waals surface area contributed by atoms with E-state index in [4.69, 9.17) is 20.8 Å². The summed E-state index contributed by atoms with van der Waals surface area (Å²) in [6.07, 6.45) is 1.45. The fourth-order valence-electron chi connectivity index (χ4n) is 5.31. The number of anilines is 1. The maximum absolute atomic E-state index is 13.9. The third-order valence-corrected chi connectivity index (χ3v) is 6.97. The SMILES string of the molecule is CN1C(=O)C2(c3ccccc31)c1c(oc3ccc(Cl)cc3c1=O)C(=O)N2CC1CCCO1. The van der Waals surface area contributed by atoms with Gasteiger partial charge in [-0.25, -0.2) is 0 Å². The zero-order chi connectivity index (χ0) is 22.2. The number of para-hydroxylation sites is 1. The van der Waals surface area contributed by atoms with Gasteiger partial charge in [0.15, 0.2) is 11.0 Å². The number of hydrogen-bond donors (Lipinski definition) is 0. The zero-order valence-corrected chi connectivity index (χ0v) is 18.0. The largest absolute Gasteiger partial charge is 0.450 e. The minimum atomic E-state index is -1.60. The fraction of sp³-hybridized carbons (Fsp3) is 0.292. The molecule has 0 saturated carbocycles. The van der Waals surface area contributed by atoms with Gasteiger partial charge in [0.2, 0.25) is 5.76 Å². The summed E-state index contributed by atoms with van der Waals surface area (Å²) in [7, 11) is 1.65. The predicted molar refractivity (Wildman–Crippen MR) is 118 cm³/mol. The van der Waals surface area contributed by atoms with Crippen LogP contribution in [0, 0.1) is 0 Å². The van der Waals surface area contributed by atoms with Gasteiger partial charge in [0, 0.05) is 36.5 Å². The molecule has 1 spiro atoms. The van der Waals surface area contributed by atoms with E-state index in [-0.39, 0.29) is 40.8 Å². The van der Waals surface area contributed by atoms with E-state index in [9.17, 15) is 14.4 Å². The number of fused-ring (bicyclic) bond motifs is 5. The van der Waals surface area contributed by atoms with Gasteiger partial charge in [-0.1, -0.05) is 29.8 Å². The van der Waals surface area contributed by atoms with Crippen molar-refractivity contribution in [3.63, 3.8) is 0 Å². The monoisotopic (exact) mass is 450 g/mol. The van der Waals surface area contributed by atoms with Crippen LogP contribution in [-0.4, -0.2) is 43.0 Å². The number of amides is 2. The fourth-order valence-corrected chi connectivity index (χ4v) is 5.48. The molecule has 3 aliphatic heterocycles. The van der Waals surface area contributed by atoms with E-state index in [1.165, 1.54) is 15.9 Å². The van der Waals surface area contributed by atoms with Crippen LogP contribution in [-0.2, 0) is 15.1 Å². The number of carbonyl (C=O) groups excluding carboxylic acids is 2. The van der Waals surface area contributed by atoms with E-state index in [1.807, 2.05) is 12.1 Å². The highest BCUT2D eigenvalue weighted by molar-refractivity contribution is 6.31. The van der Waals surface area contributed by atoms with Crippen LogP contribution in [0.1, 0.15) is 34.5 Å². The summed E-state index contributed by atoms with van der Waals surface area (Å²) < 4.78 is 11.8. The van der Waals surface area contributed by atoms with Crippen molar-refractivity contribution in [2.75, 3.05) is 25.1 Å². The Morgan fingerprint density at radius 1 is 1.16 bits per heavy atom. The highest BCUT2D eigenvalue weighted by Gasteiger charge is 2.64. The number of benzene rings is 2. The molecule has 1 saturated heterocycles. The Morgan fingerprint density at radius 3 is 2.75 bits per heavy atom. The van der Waals surface area contributed by atoms with Gasteiger partial charge in [-0.15, -0.1) is 0 Å². The van der Waals surface area contributed by atoms with Crippen LogP contribution in [0.4, 0.5) is 5.69 Å². The Labute approximate surface area is 188 Å². The van der Waals surface area contributed by atoms with Gasteiger partial charge in [-0.05, 0) is 37.1 Å². The summed E-state index contributed by atoms with van der Waals surface area (Å²) in [4.78, 5) is 44.4. The van der Waals surface area contributed by atoms with E-state index >= 15 is 0 Å². The van der Waals surface area contributed by atoms with Crippen molar-refractivity contribution >= 4 is 40.1 Å². The van der Waals surface area contributed by atoms with Gasteiger partial charge in [0.1, 0.15) is 5.58 Å². The number of likely N-dealkylation sites (N-methyl/N-ethyl adjacent to an activating group) is 1. The minimum absolute atomic E-state index is 0.0528. The molecule has 8 heteroatoms. The van der Waals surface area contributed by atoms with Crippen LogP contribution in [0.3, 0.4) is 0 Å². The lowest BCUT2D eigenvalue weighted by atomic mass is 9.83. The number of rotatable bonds is 2. The zero-order valence-electron chi connectivity index (χ0n) is 17.3. The molecule has 3 aromatic rings. The number of carbonyl (C=O) groups is 2. The predicted octanol–water partition coefficient (Wildman–Crippen LogP) is 3.30. The highest BCUT2D eigenvalue weighted by atomic mass is 35.5. The maximum Gasteiger partial charge on any atom is 0.291 e. The molecule has 3 aliphatic rings. The summed E-state index contributed by atoms with van der Waals surface area (Å²) >= 11 is 6.15. The van der Waals surface area contributed by atoms with Crippen molar-refractivity contribution in [1.29, 1.82) is 0 Å². The van der Waals surface area contributed by atoms with Crippen molar-refractivity contribution in [1.82, 2.24) is 4.90 Å². The Morgan fingerprint density at radius 2 is 1.97 bits per heavy atom. The normalized spacial score (nSPS) is 24.1. The van der Waals surface area contributed by atoms with Gasteiger partial charge in [-0.2, -0.15) is 0 Å². The summed E-state index contributed by atoms with van der Waals surface area (Å²) in [6.45, 7) is 0.796. The van der Waals surface area contributed by atoms with Gasteiger partial charge >= 0.3 is 0 Å². The van der Waals surface area contributed by atoms with Crippen LogP contribution in [0.15, 0.2) is 51.7 Å². The van der Waals surface area contributed by atoms with Crippen LogP contribution < -0.4 is 10.3 Å². The topological polar surface area (TPSA) is 80.1 Å². The molecule has 0 N–H and O–H groups in total. The van der Waals surface area contributed by atoms with Crippen molar-refractivity contribution in [3.05, 3.63) is 74.6 Å². The second-order valence-electron chi connectivity index (χ2n) is 8.42. The quantitative estimate of drug-likeness (QED) is 0.598. The molecular weight excluding hydrogens is 432 g/mol. The molecule has 2 atom stereocenters. The third-order valence-electron chi connectivity index (χ3n) is 6.74. The van der Waals surface area contributed by atoms with Crippen LogP contribution in [0.5, 0.6) is 0 Å². The lowest BCUT2D eigenvalue weighted by Gasteiger charge is -2.35. The lowest BCUT2D eigenvalue weighted by Crippen LogP contribution is -2.54. The molecule has 2 unspecified atom stereocenters. The average molecular weight is 451 g/mol. The van der Waals surface area contributed by atoms with E-state index in [0.29, 0.717) is 22.9 Å². The summed E-state index contributed by atoms with van der Waals surface area (Å²) in [5, 5.41) is 0.608. The second-order valence-corrected chi connectivity index (χ2v) is 8.85. The summed E-state index contributed by atoms with van der Waals surface area (Å²) in [5.74, 6) is -0.943. The molecule has 0 radical (unpaired) electrons.